The van der Waals surface area contributed by atoms with Gasteiger partial charge in [-0.1, -0.05) is 0 Å². The molecule has 2 N–H and O–H groups in total. The van der Waals surface area contributed by atoms with E-state index in [0.29, 0.717) is 5.13 Å². The van der Waals surface area contributed by atoms with Gasteiger partial charge >= 0.3 is 0 Å². The van der Waals surface area contributed by atoms with Gasteiger partial charge in [-0.2, -0.15) is 0 Å². The molecule has 2 aliphatic heterocycles. The van der Waals surface area contributed by atoms with Gasteiger partial charge in [0.05, 0.1) is 0 Å². The molecular weight excluding hydrogens is 354 g/mol. The Morgan fingerprint density at radius 2 is 1.88 bits per heavy atom. The third-order valence-corrected chi connectivity index (χ3v) is 6.58. The molecule has 0 radical (unpaired) electrons. The van der Waals surface area contributed by atoms with Gasteiger partial charge in [0.15, 0.2) is 5.13 Å². The molecule has 0 atom stereocenters. The minimum absolute atomic E-state index is 0. The summed E-state index contributed by atoms with van der Waals surface area (Å²) >= 11 is 1.61. The highest BCUT2D eigenvalue weighted by Gasteiger charge is 2.27. The quantitative estimate of drug-likeness (QED) is 0.813. The third kappa shape index (κ3) is 6.36. The van der Waals surface area contributed by atoms with E-state index in [4.69, 9.17) is 5.73 Å². The second-order valence-electron chi connectivity index (χ2n) is 7.71. The third-order valence-electron chi connectivity index (χ3n) is 5.77. The average Bonchev–Trinajstić information content (AvgIpc) is 2.99. The lowest BCUT2D eigenvalue weighted by atomic mass is 9.91. The van der Waals surface area contributed by atoms with Crippen molar-refractivity contribution >= 4 is 28.9 Å². The summed E-state index contributed by atoms with van der Waals surface area (Å²) in [5.41, 5.74) is 5.71. The van der Waals surface area contributed by atoms with Crippen LogP contribution in [0, 0.1) is 5.92 Å². The molecular formula is C18H34ClN5S. The molecule has 3 rings (SSSR count). The Labute approximate surface area is 163 Å². The molecule has 2 fully saturated rings. The Hall–Kier alpha value is -0.400. The Balaban J connectivity index is 0.00000225. The van der Waals surface area contributed by atoms with Crippen molar-refractivity contribution in [1.29, 1.82) is 0 Å². The monoisotopic (exact) mass is 387 g/mol. The number of nitrogens with two attached hydrogens (primary N) is 1. The molecule has 0 aliphatic carbocycles. The van der Waals surface area contributed by atoms with Crippen molar-refractivity contribution < 1.29 is 0 Å². The van der Waals surface area contributed by atoms with E-state index in [1.54, 1.807) is 11.3 Å². The maximum absolute atomic E-state index is 5.71. The Kier molecular flexibility index (Phi) is 8.42. The molecule has 0 aromatic carbocycles. The molecule has 0 spiro atoms. The van der Waals surface area contributed by atoms with E-state index in [1.165, 1.54) is 69.7 Å². The number of nitrogen functional groups attached to an aromatic ring is 1. The summed E-state index contributed by atoms with van der Waals surface area (Å²) in [6, 6.07) is 0.849. The molecule has 0 saturated carbocycles. The molecule has 2 aliphatic rings. The van der Waals surface area contributed by atoms with Gasteiger partial charge in [-0.05, 0) is 84.8 Å². The molecule has 144 valence electrons. The molecule has 0 unspecified atom stereocenters. The van der Waals surface area contributed by atoms with Crippen molar-refractivity contribution in [1.82, 2.24) is 19.7 Å². The second-order valence-corrected chi connectivity index (χ2v) is 8.85. The van der Waals surface area contributed by atoms with Crippen LogP contribution in [0.3, 0.4) is 0 Å². The summed E-state index contributed by atoms with van der Waals surface area (Å²) in [6.45, 7) is 7.33. The summed E-state index contributed by atoms with van der Waals surface area (Å²) < 4.78 is 0. The number of piperidine rings is 2. The van der Waals surface area contributed by atoms with Crippen LogP contribution < -0.4 is 5.73 Å². The zero-order chi connectivity index (χ0) is 16.9. The highest BCUT2D eigenvalue weighted by molar-refractivity contribution is 7.15. The summed E-state index contributed by atoms with van der Waals surface area (Å²) in [5.74, 6) is 0.904. The number of hydrogen-bond donors (Lipinski definition) is 1. The van der Waals surface area contributed by atoms with Gasteiger partial charge in [-0.25, -0.2) is 4.98 Å². The normalized spacial score (nSPS) is 21.6. The summed E-state index contributed by atoms with van der Waals surface area (Å²) in [7, 11) is 4.46. The van der Waals surface area contributed by atoms with E-state index >= 15 is 0 Å². The molecule has 0 amide bonds. The molecule has 1 aromatic heterocycles. The van der Waals surface area contributed by atoms with Crippen molar-refractivity contribution in [3.05, 3.63) is 11.1 Å². The molecule has 7 heteroatoms. The number of aromatic nitrogens is 1. The average molecular weight is 388 g/mol. The lowest BCUT2D eigenvalue weighted by Crippen LogP contribution is -2.47. The summed E-state index contributed by atoms with van der Waals surface area (Å²) in [5, 5.41) is 0.680. The minimum atomic E-state index is 0. The van der Waals surface area contributed by atoms with Crippen molar-refractivity contribution in [3.8, 4) is 0 Å². The number of halogens is 1. The van der Waals surface area contributed by atoms with Crippen LogP contribution in [0.25, 0.3) is 0 Å². The van der Waals surface area contributed by atoms with Crippen molar-refractivity contribution in [2.24, 2.45) is 5.92 Å². The first-order valence-corrected chi connectivity index (χ1v) is 10.2. The van der Waals surface area contributed by atoms with E-state index in [9.17, 15) is 0 Å². The number of likely N-dealkylation sites (tertiary alicyclic amines) is 2. The van der Waals surface area contributed by atoms with E-state index in [2.05, 4.69) is 33.8 Å². The van der Waals surface area contributed by atoms with Gasteiger partial charge < -0.3 is 20.4 Å². The standard InChI is InChI=1S/C18H33N5S.ClH/c1-21-9-6-16(7-10-21)23-11-4-15(5-12-23)3-8-22(2)14-17-13-20-18(19)24-17;/h13,15-16H,3-12,14H2,1-2H3,(H2,19,20);1H. The molecule has 2 saturated heterocycles. The largest absolute Gasteiger partial charge is 0.375 e. The fraction of sp³-hybridized carbons (Fsp3) is 0.833. The molecule has 1 aromatic rings. The first-order valence-electron chi connectivity index (χ1n) is 9.41. The molecule has 0 bridgehead atoms. The molecule has 3 heterocycles. The van der Waals surface area contributed by atoms with Crippen LogP contribution in [0.4, 0.5) is 5.13 Å². The highest BCUT2D eigenvalue weighted by Crippen LogP contribution is 2.26. The summed E-state index contributed by atoms with van der Waals surface area (Å²) in [6.07, 6.45) is 8.73. The number of hydrogen-bond acceptors (Lipinski definition) is 6. The zero-order valence-electron chi connectivity index (χ0n) is 15.7. The lowest BCUT2D eigenvalue weighted by molar-refractivity contribution is 0.0815. The van der Waals surface area contributed by atoms with Gasteiger partial charge in [0.1, 0.15) is 0 Å². The van der Waals surface area contributed by atoms with Crippen LogP contribution in [0.15, 0.2) is 6.20 Å². The topological polar surface area (TPSA) is 48.6 Å². The van der Waals surface area contributed by atoms with Gasteiger partial charge in [-0.3, -0.25) is 0 Å². The van der Waals surface area contributed by atoms with Crippen LogP contribution >= 0.6 is 23.7 Å². The highest BCUT2D eigenvalue weighted by atomic mass is 35.5. The molecule has 25 heavy (non-hydrogen) atoms. The lowest BCUT2D eigenvalue weighted by Gasteiger charge is -2.41. The Morgan fingerprint density at radius 3 is 2.48 bits per heavy atom. The van der Waals surface area contributed by atoms with Crippen LogP contribution in [0.1, 0.15) is 37.0 Å². The zero-order valence-corrected chi connectivity index (χ0v) is 17.3. The van der Waals surface area contributed by atoms with Gasteiger partial charge in [0, 0.05) is 23.7 Å². The van der Waals surface area contributed by atoms with Gasteiger partial charge in [0.25, 0.3) is 0 Å². The minimum Gasteiger partial charge on any atom is -0.375 e. The first-order chi connectivity index (χ1) is 11.6. The van der Waals surface area contributed by atoms with E-state index in [1.807, 2.05) is 6.20 Å². The number of rotatable bonds is 6. The molecule has 5 nitrogen and oxygen atoms in total. The van der Waals surface area contributed by atoms with Crippen molar-refractivity contribution in [3.63, 3.8) is 0 Å². The van der Waals surface area contributed by atoms with Crippen LogP contribution in [-0.4, -0.2) is 72.5 Å². The van der Waals surface area contributed by atoms with E-state index in [-0.39, 0.29) is 12.4 Å². The van der Waals surface area contributed by atoms with Crippen molar-refractivity contribution in [2.45, 2.75) is 44.7 Å². The van der Waals surface area contributed by atoms with Crippen molar-refractivity contribution in [2.75, 3.05) is 52.6 Å². The maximum Gasteiger partial charge on any atom is 0.180 e. The predicted octanol–water partition coefficient (Wildman–Crippen LogP) is 2.78. The van der Waals surface area contributed by atoms with Crippen LogP contribution in [0.5, 0.6) is 0 Å². The smallest absolute Gasteiger partial charge is 0.180 e. The van der Waals surface area contributed by atoms with Gasteiger partial charge in [0.2, 0.25) is 0 Å². The number of anilines is 1. The Bertz CT molecular complexity index is 495. The summed E-state index contributed by atoms with van der Waals surface area (Å²) in [4.78, 5) is 13.1. The Morgan fingerprint density at radius 1 is 1.20 bits per heavy atom. The van der Waals surface area contributed by atoms with E-state index < -0.39 is 0 Å². The van der Waals surface area contributed by atoms with E-state index in [0.717, 1.165) is 18.5 Å². The maximum atomic E-state index is 5.71. The number of nitrogens with zero attached hydrogens (tertiary/aromatic N) is 4. The fourth-order valence-corrected chi connectivity index (χ4v) is 4.88. The predicted molar refractivity (Wildman–Crippen MR) is 110 cm³/mol. The SMILES string of the molecule is CN1CCC(N2CCC(CCN(C)Cc3cnc(N)s3)CC2)CC1.Cl. The number of thiazole rings is 1. The van der Waals surface area contributed by atoms with Crippen LogP contribution in [-0.2, 0) is 6.54 Å². The fourth-order valence-electron chi connectivity index (χ4n) is 4.11. The van der Waals surface area contributed by atoms with Gasteiger partial charge in [-0.15, -0.1) is 23.7 Å². The van der Waals surface area contributed by atoms with Crippen LogP contribution in [0.2, 0.25) is 0 Å². The first kappa shape index (κ1) is 20.9. The second kappa shape index (κ2) is 10.1.